The van der Waals surface area contributed by atoms with Gasteiger partial charge in [0.15, 0.2) is 0 Å². The van der Waals surface area contributed by atoms with Gasteiger partial charge < -0.3 is 5.73 Å². The summed E-state index contributed by atoms with van der Waals surface area (Å²) in [5.74, 6) is 0.516. The van der Waals surface area contributed by atoms with Crippen LogP contribution in [-0.4, -0.2) is 17.4 Å². The molecule has 4 nitrogen and oxygen atoms in total. The smallest absolute Gasteiger partial charge is 0.259 e. The number of halogens is 1. The van der Waals surface area contributed by atoms with Crippen molar-refractivity contribution < 1.29 is 4.79 Å². The lowest BCUT2D eigenvalue weighted by Crippen LogP contribution is -2.31. The number of rotatable bonds is 3. The van der Waals surface area contributed by atoms with E-state index in [0.29, 0.717) is 23.6 Å². The number of hydrogen-bond acceptors (Lipinski definition) is 3. The Morgan fingerprint density at radius 1 is 1.37 bits per heavy atom. The van der Waals surface area contributed by atoms with E-state index in [4.69, 9.17) is 5.73 Å². The summed E-state index contributed by atoms with van der Waals surface area (Å²) in [5, 5.41) is 0. The summed E-state index contributed by atoms with van der Waals surface area (Å²) in [5.41, 5.74) is 6.80. The molecule has 5 heteroatoms. The van der Waals surface area contributed by atoms with Crippen molar-refractivity contribution in [1.29, 1.82) is 0 Å². The third-order valence-electron chi connectivity index (χ3n) is 2.68. The van der Waals surface area contributed by atoms with Crippen LogP contribution in [0.2, 0.25) is 0 Å². The molecule has 19 heavy (non-hydrogen) atoms. The highest BCUT2D eigenvalue weighted by molar-refractivity contribution is 9.10. The summed E-state index contributed by atoms with van der Waals surface area (Å²) in [4.78, 5) is 18.2. The van der Waals surface area contributed by atoms with E-state index in [1.807, 2.05) is 19.1 Å². The van der Waals surface area contributed by atoms with Crippen molar-refractivity contribution in [2.45, 2.75) is 6.92 Å². The molecule has 0 saturated heterocycles. The quantitative estimate of drug-likeness (QED) is 0.945. The number of nitrogens with zero attached hydrogens (tertiary/aromatic N) is 2. The van der Waals surface area contributed by atoms with Crippen LogP contribution in [0.4, 0.5) is 11.5 Å². The Labute approximate surface area is 120 Å². The molecule has 0 saturated carbocycles. The maximum atomic E-state index is 12.4. The van der Waals surface area contributed by atoms with Crippen molar-refractivity contribution in [3.8, 4) is 0 Å². The molecule has 1 amide bonds. The zero-order valence-electron chi connectivity index (χ0n) is 10.5. The van der Waals surface area contributed by atoms with Crippen LogP contribution in [0, 0.1) is 0 Å². The van der Waals surface area contributed by atoms with Crippen molar-refractivity contribution >= 4 is 33.3 Å². The standard InChI is InChI=1S/C14H14BrN3O/c1-2-18(13-7-6-12(16)9-17-13)14(19)10-4-3-5-11(15)8-10/h3-9H,2,16H2,1H3. The largest absolute Gasteiger partial charge is 0.397 e. The molecule has 2 N–H and O–H groups in total. The van der Waals surface area contributed by atoms with Crippen LogP contribution in [0.1, 0.15) is 17.3 Å². The van der Waals surface area contributed by atoms with Gasteiger partial charge in [-0.25, -0.2) is 4.98 Å². The summed E-state index contributed by atoms with van der Waals surface area (Å²) < 4.78 is 0.875. The van der Waals surface area contributed by atoms with Gasteiger partial charge in [-0.05, 0) is 37.3 Å². The number of carbonyl (C=O) groups is 1. The lowest BCUT2D eigenvalue weighted by Gasteiger charge is -2.20. The first-order chi connectivity index (χ1) is 9.11. The van der Waals surface area contributed by atoms with E-state index in [0.717, 1.165) is 4.47 Å². The van der Waals surface area contributed by atoms with Crippen LogP contribution in [0.25, 0.3) is 0 Å². The van der Waals surface area contributed by atoms with Gasteiger partial charge in [-0.15, -0.1) is 0 Å². The number of carbonyl (C=O) groups excluding carboxylic acids is 1. The van der Waals surface area contributed by atoms with Crippen LogP contribution >= 0.6 is 15.9 Å². The number of anilines is 2. The van der Waals surface area contributed by atoms with Gasteiger partial charge in [0, 0.05) is 16.6 Å². The van der Waals surface area contributed by atoms with Crippen LogP contribution in [0.15, 0.2) is 47.1 Å². The van der Waals surface area contributed by atoms with Gasteiger partial charge in [-0.3, -0.25) is 9.69 Å². The first-order valence-electron chi connectivity index (χ1n) is 5.90. The van der Waals surface area contributed by atoms with Gasteiger partial charge in [0.2, 0.25) is 0 Å². The predicted octanol–water partition coefficient (Wildman–Crippen LogP) is 3.09. The molecule has 1 heterocycles. The van der Waals surface area contributed by atoms with E-state index in [1.165, 1.54) is 0 Å². The van der Waals surface area contributed by atoms with Gasteiger partial charge in [0.1, 0.15) is 5.82 Å². The normalized spacial score (nSPS) is 10.2. The fourth-order valence-corrected chi connectivity index (χ4v) is 2.14. The number of nitrogens with two attached hydrogens (primary N) is 1. The molecule has 98 valence electrons. The van der Waals surface area contributed by atoms with Crippen molar-refractivity contribution in [2.75, 3.05) is 17.2 Å². The lowest BCUT2D eigenvalue weighted by molar-refractivity contribution is 0.0987. The van der Waals surface area contributed by atoms with E-state index < -0.39 is 0 Å². The SMILES string of the molecule is CCN(C(=O)c1cccc(Br)c1)c1ccc(N)cn1. The van der Waals surface area contributed by atoms with Gasteiger partial charge >= 0.3 is 0 Å². The number of aromatic nitrogens is 1. The Hall–Kier alpha value is -1.88. The fourth-order valence-electron chi connectivity index (χ4n) is 1.74. The van der Waals surface area contributed by atoms with Crippen molar-refractivity contribution in [2.24, 2.45) is 0 Å². The summed E-state index contributed by atoms with van der Waals surface area (Å²) in [7, 11) is 0. The Bertz CT molecular complexity index is 583. The number of pyridine rings is 1. The zero-order chi connectivity index (χ0) is 13.8. The Morgan fingerprint density at radius 3 is 2.74 bits per heavy atom. The second kappa shape index (κ2) is 5.84. The summed E-state index contributed by atoms with van der Waals surface area (Å²) in [6.45, 7) is 2.45. The minimum Gasteiger partial charge on any atom is -0.397 e. The second-order valence-corrected chi connectivity index (χ2v) is 4.93. The minimum absolute atomic E-state index is 0.0823. The molecule has 0 bridgehead atoms. The molecular weight excluding hydrogens is 306 g/mol. The van der Waals surface area contributed by atoms with Gasteiger partial charge in [0.25, 0.3) is 5.91 Å². The number of hydrogen-bond donors (Lipinski definition) is 1. The molecule has 0 fully saturated rings. The van der Waals surface area contributed by atoms with Crippen LogP contribution in [0.5, 0.6) is 0 Å². The maximum Gasteiger partial charge on any atom is 0.259 e. The molecule has 0 aliphatic rings. The van der Waals surface area contributed by atoms with E-state index in [-0.39, 0.29) is 5.91 Å². The van der Waals surface area contributed by atoms with Crippen molar-refractivity contribution in [3.63, 3.8) is 0 Å². The molecule has 0 atom stereocenters. The van der Waals surface area contributed by atoms with E-state index in [1.54, 1.807) is 35.4 Å². The molecule has 0 spiro atoms. The average molecular weight is 320 g/mol. The van der Waals surface area contributed by atoms with Crippen molar-refractivity contribution in [1.82, 2.24) is 4.98 Å². The van der Waals surface area contributed by atoms with Crippen LogP contribution in [-0.2, 0) is 0 Å². The first kappa shape index (κ1) is 13.5. The fraction of sp³-hybridized carbons (Fsp3) is 0.143. The highest BCUT2D eigenvalue weighted by Gasteiger charge is 2.17. The molecule has 0 radical (unpaired) electrons. The number of nitrogen functional groups attached to an aromatic ring is 1. The molecule has 2 aromatic rings. The summed E-state index contributed by atoms with van der Waals surface area (Å²) >= 11 is 3.36. The third kappa shape index (κ3) is 3.12. The van der Waals surface area contributed by atoms with Gasteiger partial charge in [-0.2, -0.15) is 0 Å². The van der Waals surface area contributed by atoms with E-state index in [9.17, 15) is 4.79 Å². The van der Waals surface area contributed by atoms with E-state index in [2.05, 4.69) is 20.9 Å². The third-order valence-corrected chi connectivity index (χ3v) is 3.17. The van der Waals surface area contributed by atoms with Crippen molar-refractivity contribution in [3.05, 3.63) is 52.6 Å². The lowest BCUT2D eigenvalue weighted by atomic mass is 10.2. The maximum absolute atomic E-state index is 12.4. The molecule has 0 aliphatic heterocycles. The van der Waals surface area contributed by atoms with Gasteiger partial charge in [0.05, 0.1) is 11.9 Å². The molecule has 2 rings (SSSR count). The molecule has 0 aliphatic carbocycles. The molecule has 1 aromatic heterocycles. The highest BCUT2D eigenvalue weighted by atomic mass is 79.9. The van der Waals surface area contributed by atoms with Gasteiger partial charge in [-0.1, -0.05) is 22.0 Å². The topological polar surface area (TPSA) is 59.2 Å². The summed E-state index contributed by atoms with van der Waals surface area (Å²) in [6.07, 6.45) is 1.55. The number of amides is 1. The van der Waals surface area contributed by atoms with E-state index >= 15 is 0 Å². The summed E-state index contributed by atoms with van der Waals surface area (Å²) in [6, 6.07) is 10.8. The zero-order valence-corrected chi connectivity index (χ0v) is 12.1. The molecule has 0 unspecified atom stereocenters. The van der Waals surface area contributed by atoms with Crippen LogP contribution < -0.4 is 10.6 Å². The highest BCUT2D eigenvalue weighted by Crippen LogP contribution is 2.18. The predicted molar refractivity (Wildman–Crippen MR) is 80.1 cm³/mol. The van der Waals surface area contributed by atoms with Crippen LogP contribution in [0.3, 0.4) is 0 Å². The second-order valence-electron chi connectivity index (χ2n) is 4.01. The number of benzene rings is 1. The Morgan fingerprint density at radius 2 is 2.16 bits per heavy atom. The molecule has 1 aromatic carbocycles. The molecular formula is C14H14BrN3O. The Kier molecular flexibility index (Phi) is 4.16. The minimum atomic E-state index is -0.0823. The average Bonchev–Trinajstić information content (AvgIpc) is 2.41. The monoisotopic (exact) mass is 319 g/mol. The Balaban J connectivity index is 2.31. The first-order valence-corrected chi connectivity index (χ1v) is 6.70.